The highest BCUT2D eigenvalue weighted by atomic mass is 15.6. The smallest absolute Gasteiger partial charge is 0.113 e. The van der Waals surface area contributed by atoms with Gasteiger partial charge in [0.1, 0.15) is 5.82 Å². The van der Waals surface area contributed by atoms with Crippen molar-refractivity contribution < 1.29 is 0 Å². The molecule has 1 heterocycles. The van der Waals surface area contributed by atoms with E-state index in [2.05, 4.69) is 24.5 Å². The average molecular weight is 175 g/mol. The van der Waals surface area contributed by atoms with E-state index >= 15 is 0 Å². The summed E-state index contributed by atoms with van der Waals surface area (Å²) in [5.41, 5.74) is 9.88. The first-order valence-corrected chi connectivity index (χ1v) is 4.35. The van der Waals surface area contributed by atoms with Crippen molar-refractivity contribution in [2.45, 2.75) is 13.0 Å². The van der Waals surface area contributed by atoms with Crippen LogP contribution in [0.4, 0.5) is 5.69 Å². The van der Waals surface area contributed by atoms with E-state index in [1.807, 2.05) is 29.3 Å². The lowest BCUT2D eigenvalue weighted by molar-refractivity contribution is 0.709. The van der Waals surface area contributed by atoms with Crippen LogP contribution >= 0.6 is 0 Å². The van der Waals surface area contributed by atoms with Crippen LogP contribution < -0.4 is 16.2 Å². The first-order valence-electron chi connectivity index (χ1n) is 4.35. The Labute approximate surface area is 77.8 Å². The molecule has 68 valence electrons. The van der Waals surface area contributed by atoms with Crippen molar-refractivity contribution in [3.8, 4) is 0 Å². The predicted molar refractivity (Wildman–Crippen MR) is 53.8 cm³/mol. The van der Waals surface area contributed by atoms with Gasteiger partial charge in [-0.05, 0) is 25.1 Å². The van der Waals surface area contributed by atoms with Gasteiger partial charge in [-0.3, -0.25) is 10.4 Å². The van der Waals surface area contributed by atoms with E-state index in [-0.39, 0.29) is 0 Å². The van der Waals surface area contributed by atoms with Crippen molar-refractivity contribution in [3.63, 3.8) is 0 Å². The molecular weight excluding hydrogens is 162 g/mol. The van der Waals surface area contributed by atoms with E-state index in [0.717, 1.165) is 11.5 Å². The second-order valence-corrected chi connectivity index (χ2v) is 3.18. The van der Waals surface area contributed by atoms with Crippen molar-refractivity contribution in [1.29, 1.82) is 0 Å². The van der Waals surface area contributed by atoms with Crippen LogP contribution in [-0.2, 0) is 0 Å². The molecule has 0 saturated carbocycles. The Kier molecular flexibility index (Phi) is 1.85. The molecular formula is C10H13N3. The maximum Gasteiger partial charge on any atom is 0.113 e. The van der Waals surface area contributed by atoms with Crippen LogP contribution in [0.3, 0.4) is 0 Å². The molecule has 3 N–H and O–H groups in total. The summed E-state index contributed by atoms with van der Waals surface area (Å²) in [6.07, 6.45) is 1.99. The van der Waals surface area contributed by atoms with Gasteiger partial charge in [0.25, 0.3) is 0 Å². The van der Waals surface area contributed by atoms with Gasteiger partial charge in [0.05, 0.1) is 11.7 Å². The number of hydrogen-bond acceptors (Lipinski definition) is 3. The monoisotopic (exact) mass is 175 g/mol. The zero-order valence-electron chi connectivity index (χ0n) is 7.57. The molecule has 1 aromatic carbocycles. The van der Waals surface area contributed by atoms with Crippen LogP contribution in [0.2, 0.25) is 0 Å². The molecule has 0 amide bonds. The second kappa shape index (κ2) is 3.01. The minimum absolute atomic E-state index is 0.308. The first kappa shape index (κ1) is 7.98. The van der Waals surface area contributed by atoms with Crippen LogP contribution in [0.25, 0.3) is 0 Å². The van der Waals surface area contributed by atoms with E-state index in [4.69, 9.17) is 5.73 Å². The number of hydrogen-bond donors (Lipinski definition) is 2. The molecule has 0 spiro atoms. The van der Waals surface area contributed by atoms with Gasteiger partial charge in [-0.2, -0.15) is 0 Å². The van der Waals surface area contributed by atoms with Gasteiger partial charge in [-0.25, -0.2) is 0 Å². The van der Waals surface area contributed by atoms with Crippen LogP contribution in [0.15, 0.2) is 42.2 Å². The summed E-state index contributed by atoms with van der Waals surface area (Å²) in [6, 6.07) is 10.4. The van der Waals surface area contributed by atoms with E-state index in [0.29, 0.717) is 6.04 Å². The Morgan fingerprint density at radius 2 is 2.00 bits per heavy atom. The number of anilines is 1. The topological polar surface area (TPSA) is 41.3 Å². The molecule has 0 saturated heterocycles. The number of benzene rings is 1. The van der Waals surface area contributed by atoms with Crippen LogP contribution in [0, 0.1) is 0 Å². The summed E-state index contributed by atoms with van der Waals surface area (Å²) in [7, 11) is 0. The van der Waals surface area contributed by atoms with Crippen LogP contribution in [-0.4, -0.2) is 6.04 Å². The molecule has 0 aliphatic carbocycles. The fraction of sp³-hybridized carbons (Fsp3) is 0.200. The third-order valence-electron chi connectivity index (χ3n) is 2.11. The quantitative estimate of drug-likeness (QED) is 0.674. The summed E-state index contributed by atoms with van der Waals surface area (Å²) >= 11 is 0. The summed E-state index contributed by atoms with van der Waals surface area (Å²) in [5, 5.41) is 2.04. The molecule has 0 unspecified atom stereocenters. The lowest BCUT2D eigenvalue weighted by Crippen LogP contribution is -2.38. The van der Waals surface area contributed by atoms with Crippen LogP contribution in [0.1, 0.15) is 6.92 Å². The molecule has 2 rings (SSSR count). The normalized spacial score (nSPS) is 21.2. The van der Waals surface area contributed by atoms with Crippen LogP contribution in [0.5, 0.6) is 0 Å². The third-order valence-corrected chi connectivity index (χ3v) is 2.11. The maximum atomic E-state index is 5.66. The van der Waals surface area contributed by atoms with E-state index in [1.54, 1.807) is 0 Å². The summed E-state index contributed by atoms with van der Waals surface area (Å²) in [5.74, 6) is 0.719. The number of nitrogens with zero attached hydrogens (tertiary/aromatic N) is 1. The van der Waals surface area contributed by atoms with Gasteiger partial charge in [0, 0.05) is 0 Å². The molecule has 0 fully saturated rings. The van der Waals surface area contributed by atoms with E-state index in [1.165, 1.54) is 0 Å². The van der Waals surface area contributed by atoms with Gasteiger partial charge in [0.15, 0.2) is 0 Å². The Balaban J connectivity index is 2.21. The van der Waals surface area contributed by atoms with Gasteiger partial charge in [-0.15, -0.1) is 0 Å². The molecule has 3 nitrogen and oxygen atoms in total. The minimum atomic E-state index is 0.308. The Morgan fingerprint density at radius 1 is 1.31 bits per heavy atom. The molecule has 13 heavy (non-hydrogen) atoms. The summed E-state index contributed by atoms with van der Waals surface area (Å²) in [4.78, 5) is 0. The predicted octanol–water partition coefficient (Wildman–Crippen LogP) is 1.20. The van der Waals surface area contributed by atoms with Gasteiger partial charge in [0.2, 0.25) is 0 Å². The lowest BCUT2D eigenvalue weighted by atomic mass is 10.2. The number of rotatable bonds is 1. The van der Waals surface area contributed by atoms with Gasteiger partial charge >= 0.3 is 0 Å². The second-order valence-electron chi connectivity index (χ2n) is 3.18. The molecule has 3 heteroatoms. The number of nitrogens with one attached hydrogen (secondary N) is 1. The average Bonchev–Trinajstić information content (AvgIpc) is 2.47. The zero-order chi connectivity index (χ0) is 9.26. The highest BCUT2D eigenvalue weighted by Crippen LogP contribution is 2.18. The molecule has 0 radical (unpaired) electrons. The van der Waals surface area contributed by atoms with Gasteiger partial charge < -0.3 is 5.73 Å². The standard InChI is InChI=1S/C10H13N3/c1-8-7-10(11)12-13(8)9-5-3-2-4-6-9/h2-8,12H,11H2,1H3/t8-/m1/s1. The molecule has 1 atom stereocenters. The van der Waals surface area contributed by atoms with Crippen molar-refractivity contribution in [1.82, 2.24) is 5.43 Å². The Morgan fingerprint density at radius 3 is 2.54 bits per heavy atom. The highest BCUT2D eigenvalue weighted by molar-refractivity contribution is 5.49. The molecule has 0 bridgehead atoms. The third kappa shape index (κ3) is 1.45. The SMILES string of the molecule is C[C@@H]1C=C(N)NN1c1ccccc1. The molecule has 1 aliphatic rings. The minimum Gasteiger partial charge on any atom is -0.384 e. The number of para-hydroxylation sites is 1. The van der Waals surface area contributed by atoms with Gasteiger partial charge in [-0.1, -0.05) is 18.2 Å². The lowest BCUT2D eigenvalue weighted by Gasteiger charge is -2.23. The van der Waals surface area contributed by atoms with Crippen molar-refractivity contribution >= 4 is 5.69 Å². The zero-order valence-corrected chi connectivity index (χ0v) is 7.57. The highest BCUT2D eigenvalue weighted by Gasteiger charge is 2.18. The van der Waals surface area contributed by atoms with E-state index in [9.17, 15) is 0 Å². The fourth-order valence-corrected chi connectivity index (χ4v) is 1.50. The largest absolute Gasteiger partial charge is 0.384 e. The Bertz CT molecular complexity index is 318. The summed E-state index contributed by atoms with van der Waals surface area (Å²) < 4.78 is 0. The van der Waals surface area contributed by atoms with Crippen molar-refractivity contribution in [2.75, 3.05) is 5.01 Å². The van der Waals surface area contributed by atoms with Crippen molar-refractivity contribution in [2.24, 2.45) is 5.73 Å². The molecule has 1 aliphatic heterocycles. The number of nitrogens with two attached hydrogens (primary N) is 1. The van der Waals surface area contributed by atoms with E-state index < -0.39 is 0 Å². The Hall–Kier alpha value is -1.64. The maximum absolute atomic E-state index is 5.66. The molecule has 1 aromatic rings. The summed E-state index contributed by atoms with van der Waals surface area (Å²) in [6.45, 7) is 2.10. The fourth-order valence-electron chi connectivity index (χ4n) is 1.50. The molecule has 0 aromatic heterocycles. The first-order chi connectivity index (χ1) is 6.27. The van der Waals surface area contributed by atoms with Crippen molar-refractivity contribution in [3.05, 3.63) is 42.2 Å². The number of hydrazine groups is 1.